The molecule has 2 amide bonds. The maximum Gasteiger partial charge on any atom is 0.243 e. The minimum Gasteiger partial charge on any atom is -0.350 e. The van der Waals surface area contributed by atoms with Crippen LogP contribution >= 0.6 is 46.6 Å². The van der Waals surface area contributed by atoms with Crippen molar-refractivity contribution in [3.63, 3.8) is 0 Å². The van der Waals surface area contributed by atoms with Crippen LogP contribution in [0, 0.1) is 0 Å². The topological polar surface area (TPSA) is 49.4 Å². The van der Waals surface area contributed by atoms with Crippen LogP contribution in [0.15, 0.2) is 72.8 Å². The third-order valence-corrected chi connectivity index (χ3v) is 7.64. The van der Waals surface area contributed by atoms with Gasteiger partial charge >= 0.3 is 0 Å². The molecule has 0 aliphatic heterocycles. The maximum absolute atomic E-state index is 13.7. The van der Waals surface area contributed by atoms with Crippen molar-refractivity contribution in [1.29, 1.82) is 0 Å². The van der Waals surface area contributed by atoms with Gasteiger partial charge in [0.2, 0.25) is 11.8 Å². The van der Waals surface area contributed by atoms with Gasteiger partial charge < -0.3 is 10.2 Å². The smallest absolute Gasteiger partial charge is 0.243 e. The van der Waals surface area contributed by atoms with Gasteiger partial charge in [-0.1, -0.05) is 89.4 Å². The molecule has 3 aromatic carbocycles. The van der Waals surface area contributed by atoms with E-state index in [-0.39, 0.29) is 24.1 Å². The fourth-order valence-electron chi connectivity index (χ4n) is 3.79. The fourth-order valence-corrected chi connectivity index (χ4v) is 5.16. The number of rotatable bonds is 10. The van der Waals surface area contributed by atoms with Crippen molar-refractivity contribution in [3.8, 4) is 0 Å². The number of halogens is 3. The Balaban J connectivity index is 1.88. The summed E-state index contributed by atoms with van der Waals surface area (Å²) in [5, 5.41) is 4.59. The van der Waals surface area contributed by atoms with Crippen molar-refractivity contribution in [3.05, 3.63) is 105 Å². The summed E-state index contributed by atoms with van der Waals surface area (Å²) in [6.45, 7) is 6.01. The summed E-state index contributed by atoms with van der Waals surface area (Å²) in [5.74, 6) is 0.431. The van der Waals surface area contributed by atoms with E-state index in [2.05, 4.69) is 5.32 Å². The van der Waals surface area contributed by atoms with E-state index in [1.165, 1.54) is 11.8 Å². The number of benzene rings is 3. The molecule has 0 aliphatic carbocycles. The molecule has 0 radical (unpaired) electrons. The van der Waals surface area contributed by atoms with E-state index in [1.807, 2.05) is 75.4 Å². The lowest BCUT2D eigenvalue weighted by Gasteiger charge is -2.34. The normalized spacial score (nSPS) is 12.2. The summed E-state index contributed by atoms with van der Waals surface area (Å²) in [6.07, 6.45) is 0.385. The largest absolute Gasteiger partial charge is 0.350 e. The number of carbonyl (C=O) groups excluding carboxylic acids is 2. The Morgan fingerprint density at radius 3 is 2.19 bits per heavy atom. The van der Waals surface area contributed by atoms with Crippen LogP contribution in [-0.4, -0.2) is 34.0 Å². The van der Waals surface area contributed by atoms with Gasteiger partial charge in [-0.25, -0.2) is 0 Å². The number of amides is 2. The van der Waals surface area contributed by atoms with Gasteiger partial charge in [-0.05, 0) is 55.7 Å². The van der Waals surface area contributed by atoms with Crippen LogP contribution in [0.5, 0.6) is 0 Å². The molecule has 1 N–H and O–H groups in total. The second kappa shape index (κ2) is 13.6. The number of nitrogens with zero attached hydrogens (tertiary/aromatic N) is 1. The molecule has 0 spiro atoms. The SMILES string of the molecule is CC(C)(C)NC(=O)C(Cc1ccccc1)N(Cc1ccccc1Cl)C(=O)CSCc1ccc(Cl)c(Cl)c1. The van der Waals surface area contributed by atoms with Gasteiger partial charge in [-0.3, -0.25) is 9.59 Å². The van der Waals surface area contributed by atoms with Gasteiger partial charge in [0.1, 0.15) is 6.04 Å². The van der Waals surface area contributed by atoms with Crippen LogP contribution in [0.25, 0.3) is 0 Å². The summed E-state index contributed by atoms with van der Waals surface area (Å²) in [5.41, 5.74) is 2.27. The zero-order valence-corrected chi connectivity index (χ0v) is 24.2. The lowest BCUT2D eigenvalue weighted by atomic mass is 10.0. The van der Waals surface area contributed by atoms with Crippen LogP contribution in [-0.2, 0) is 28.3 Å². The Hall–Kier alpha value is -2.18. The van der Waals surface area contributed by atoms with Crippen molar-refractivity contribution in [2.45, 2.75) is 51.1 Å². The summed E-state index contributed by atoms with van der Waals surface area (Å²) >= 11 is 20.1. The van der Waals surface area contributed by atoms with Gasteiger partial charge in [0.15, 0.2) is 0 Å². The molecule has 8 heteroatoms. The summed E-state index contributed by atoms with van der Waals surface area (Å²) in [4.78, 5) is 28.9. The molecule has 0 aromatic heterocycles. The van der Waals surface area contributed by atoms with Crippen molar-refractivity contribution < 1.29 is 9.59 Å². The predicted octanol–water partition coefficient (Wildman–Crippen LogP) is 7.43. The molecule has 0 aliphatic rings. The van der Waals surface area contributed by atoms with E-state index >= 15 is 0 Å². The highest BCUT2D eigenvalue weighted by Crippen LogP contribution is 2.26. The quantitative estimate of drug-likeness (QED) is 0.272. The third kappa shape index (κ3) is 9.26. The Morgan fingerprint density at radius 1 is 0.865 bits per heavy atom. The molecule has 1 atom stereocenters. The third-order valence-electron chi connectivity index (χ3n) is 5.55. The Kier molecular flexibility index (Phi) is 10.8. The number of hydrogen-bond donors (Lipinski definition) is 1. The molecular formula is C29H31Cl3N2O2S. The highest BCUT2D eigenvalue weighted by molar-refractivity contribution is 7.99. The first-order chi connectivity index (χ1) is 17.5. The molecule has 196 valence electrons. The summed E-state index contributed by atoms with van der Waals surface area (Å²) in [6, 6.07) is 21.9. The van der Waals surface area contributed by atoms with Gasteiger partial charge in [-0.2, -0.15) is 0 Å². The number of hydrogen-bond acceptors (Lipinski definition) is 3. The molecule has 0 saturated carbocycles. The van der Waals surface area contributed by atoms with E-state index in [9.17, 15) is 9.59 Å². The average molecular weight is 578 g/mol. The molecule has 0 fully saturated rings. The van der Waals surface area contributed by atoms with Crippen molar-refractivity contribution in [2.75, 3.05) is 5.75 Å². The van der Waals surface area contributed by atoms with Crippen molar-refractivity contribution in [2.24, 2.45) is 0 Å². The van der Waals surface area contributed by atoms with E-state index in [0.29, 0.717) is 27.2 Å². The van der Waals surface area contributed by atoms with Crippen LogP contribution < -0.4 is 5.32 Å². The van der Waals surface area contributed by atoms with Gasteiger partial charge in [0.05, 0.1) is 15.8 Å². The van der Waals surface area contributed by atoms with Crippen LogP contribution in [0.2, 0.25) is 15.1 Å². The van der Waals surface area contributed by atoms with Crippen LogP contribution in [0.1, 0.15) is 37.5 Å². The second-order valence-corrected chi connectivity index (χ2v) is 12.0. The standard InChI is InChI=1S/C29H31Cl3N2O2S/c1-29(2,3)33-28(36)26(16-20-9-5-4-6-10-20)34(17-22-11-7-8-12-23(22)30)27(35)19-37-18-21-13-14-24(31)25(32)15-21/h4-15,26H,16-19H2,1-3H3,(H,33,36). The Labute approximate surface area is 238 Å². The van der Waals surface area contributed by atoms with Crippen molar-refractivity contribution in [1.82, 2.24) is 10.2 Å². The first-order valence-corrected chi connectivity index (χ1v) is 14.2. The number of carbonyl (C=O) groups is 2. The molecule has 3 aromatic rings. The summed E-state index contributed by atoms with van der Waals surface area (Å²) < 4.78 is 0. The number of nitrogens with one attached hydrogen (secondary N) is 1. The van der Waals surface area contributed by atoms with Gasteiger partial charge in [0.25, 0.3) is 0 Å². The second-order valence-electron chi connectivity index (χ2n) is 9.80. The monoisotopic (exact) mass is 576 g/mol. The molecule has 3 rings (SSSR count). The lowest BCUT2D eigenvalue weighted by Crippen LogP contribution is -2.54. The maximum atomic E-state index is 13.7. The molecule has 1 unspecified atom stereocenters. The molecule has 0 heterocycles. The van der Waals surface area contributed by atoms with Crippen molar-refractivity contribution >= 4 is 58.4 Å². The molecule has 37 heavy (non-hydrogen) atoms. The summed E-state index contributed by atoms with van der Waals surface area (Å²) in [7, 11) is 0. The van der Waals surface area contributed by atoms with E-state index in [1.54, 1.807) is 23.1 Å². The molecule has 4 nitrogen and oxygen atoms in total. The zero-order valence-electron chi connectivity index (χ0n) is 21.1. The van der Waals surface area contributed by atoms with E-state index < -0.39 is 11.6 Å². The molecule has 0 bridgehead atoms. The number of thioether (sulfide) groups is 1. The predicted molar refractivity (Wildman–Crippen MR) is 156 cm³/mol. The first-order valence-electron chi connectivity index (χ1n) is 11.9. The zero-order chi connectivity index (χ0) is 27.0. The lowest BCUT2D eigenvalue weighted by molar-refractivity contribution is -0.140. The van der Waals surface area contributed by atoms with E-state index in [0.717, 1.165) is 16.7 Å². The average Bonchev–Trinajstić information content (AvgIpc) is 2.84. The molecular weight excluding hydrogens is 547 g/mol. The Morgan fingerprint density at radius 2 is 1.54 bits per heavy atom. The highest BCUT2D eigenvalue weighted by Gasteiger charge is 2.32. The Bertz CT molecular complexity index is 1220. The molecule has 0 saturated heterocycles. The highest BCUT2D eigenvalue weighted by atomic mass is 35.5. The van der Waals surface area contributed by atoms with Gasteiger partial charge in [0, 0.05) is 29.3 Å². The van der Waals surface area contributed by atoms with Crippen LogP contribution in [0.4, 0.5) is 0 Å². The van der Waals surface area contributed by atoms with Gasteiger partial charge in [-0.15, -0.1) is 11.8 Å². The first kappa shape index (κ1) is 29.4. The van der Waals surface area contributed by atoms with E-state index in [4.69, 9.17) is 34.8 Å². The fraction of sp³-hybridized carbons (Fsp3) is 0.310. The minimum atomic E-state index is -0.712. The minimum absolute atomic E-state index is 0.144. The van der Waals surface area contributed by atoms with Crippen LogP contribution in [0.3, 0.4) is 0 Å².